The molecule has 1 aromatic heterocycles. The Bertz CT molecular complexity index is 459. The number of nitrogens with zero attached hydrogens (tertiary/aromatic N) is 2. The minimum atomic E-state index is -0.292. The van der Waals surface area contributed by atoms with Gasteiger partial charge in [-0.3, -0.25) is 14.9 Å². The Morgan fingerprint density at radius 3 is 2.67 bits per heavy atom. The molecule has 2 heterocycles. The average Bonchev–Trinajstić information content (AvgIpc) is 2.36. The van der Waals surface area contributed by atoms with Gasteiger partial charge in [0.2, 0.25) is 11.8 Å². The molecular formula is C12H16N4O2. The van der Waals surface area contributed by atoms with Gasteiger partial charge in [-0.2, -0.15) is 0 Å². The first-order chi connectivity index (χ1) is 8.61. The first kappa shape index (κ1) is 12.5. The number of amides is 2. The van der Waals surface area contributed by atoms with Gasteiger partial charge in [0.15, 0.2) is 0 Å². The van der Waals surface area contributed by atoms with E-state index >= 15 is 0 Å². The number of rotatable bonds is 3. The van der Waals surface area contributed by atoms with Crippen LogP contribution in [0.15, 0.2) is 18.3 Å². The highest BCUT2D eigenvalue weighted by atomic mass is 16.2. The number of imide groups is 1. The van der Waals surface area contributed by atoms with E-state index in [9.17, 15) is 9.59 Å². The number of aromatic nitrogens is 1. The number of carbonyl (C=O) groups is 2. The second-order valence-corrected chi connectivity index (χ2v) is 4.25. The summed E-state index contributed by atoms with van der Waals surface area (Å²) in [6, 6.07) is 3.90. The molecular weight excluding hydrogens is 232 g/mol. The molecule has 1 aromatic rings. The number of nitrogens with one attached hydrogen (secondary N) is 2. The zero-order valence-electron chi connectivity index (χ0n) is 10.4. The van der Waals surface area contributed by atoms with Crippen molar-refractivity contribution in [1.82, 2.24) is 15.6 Å². The van der Waals surface area contributed by atoms with E-state index < -0.39 is 0 Å². The van der Waals surface area contributed by atoms with Crippen LogP contribution in [-0.4, -0.2) is 36.9 Å². The lowest BCUT2D eigenvalue weighted by molar-refractivity contribution is -0.130. The predicted octanol–water partition coefficient (Wildman–Crippen LogP) is -0.175. The lowest BCUT2D eigenvalue weighted by atomic mass is 10.1. The topological polar surface area (TPSA) is 74.3 Å². The summed E-state index contributed by atoms with van der Waals surface area (Å²) < 4.78 is 0. The van der Waals surface area contributed by atoms with Crippen LogP contribution in [0.25, 0.3) is 0 Å². The van der Waals surface area contributed by atoms with Crippen molar-refractivity contribution in [2.24, 2.45) is 0 Å². The van der Waals surface area contributed by atoms with Gasteiger partial charge in [-0.25, -0.2) is 4.98 Å². The van der Waals surface area contributed by atoms with Crippen molar-refractivity contribution in [2.75, 3.05) is 25.0 Å². The molecule has 2 N–H and O–H groups in total. The maximum absolute atomic E-state index is 11.4. The van der Waals surface area contributed by atoms with Crippen LogP contribution in [0.3, 0.4) is 0 Å². The summed E-state index contributed by atoms with van der Waals surface area (Å²) in [7, 11) is 1.86. The van der Waals surface area contributed by atoms with Gasteiger partial charge in [-0.15, -0.1) is 0 Å². The highest BCUT2D eigenvalue weighted by Crippen LogP contribution is 2.23. The lowest BCUT2D eigenvalue weighted by Crippen LogP contribution is -2.52. The van der Waals surface area contributed by atoms with E-state index in [4.69, 9.17) is 0 Å². The second kappa shape index (κ2) is 5.14. The Labute approximate surface area is 105 Å². The Balaban J connectivity index is 2.32. The van der Waals surface area contributed by atoms with Crippen molar-refractivity contribution >= 4 is 17.6 Å². The molecule has 0 radical (unpaired) electrons. The fourth-order valence-electron chi connectivity index (χ4n) is 1.95. The molecule has 0 spiro atoms. The minimum absolute atomic E-state index is 0.105. The molecule has 1 saturated heterocycles. The van der Waals surface area contributed by atoms with Gasteiger partial charge in [0.05, 0.1) is 13.1 Å². The number of anilines is 1. The molecule has 1 unspecified atom stereocenters. The summed E-state index contributed by atoms with van der Waals surface area (Å²) in [4.78, 5) is 28.8. The van der Waals surface area contributed by atoms with E-state index in [0.29, 0.717) is 5.82 Å². The van der Waals surface area contributed by atoms with E-state index in [0.717, 1.165) is 5.56 Å². The molecule has 1 aliphatic heterocycles. The monoisotopic (exact) mass is 248 g/mol. The van der Waals surface area contributed by atoms with E-state index in [1.54, 1.807) is 11.1 Å². The number of piperazine rings is 1. The normalized spacial score (nSPS) is 17.6. The maximum Gasteiger partial charge on any atom is 0.246 e. The summed E-state index contributed by atoms with van der Waals surface area (Å²) in [5.74, 6) is 0.0995. The van der Waals surface area contributed by atoms with E-state index in [1.807, 2.05) is 26.1 Å². The van der Waals surface area contributed by atoms with E-state index in [1.165, 1.54) is 0 Å². The largest absolute Gasteiger partial charge is 0.338 e. The van der Waals surface area contributed by atoms with Crippen molar-refractivity contribution in [3.8, 4) is 0 Å². The van der Waals surface area contributed by atoms with Crippen molar-refractivity contribution in [2.45, 2.75) is 13.0 Å². The van der Waals surface area contributed by atoms with E-state index in [2.05, 4.69) is 15.6 Å². The smallest absolute Gasteiger partial charge is 0.246 e. The third kappa shape index (κ3) is 2.48. The Kier molecular flexibility index (Phi) is 3.57. The molecule has 6 heteroatoms. The summed E-state index contributed by atoms with van der Waals surface area (Å²) in [5, 5.41) is 5.41. The maximum atomic E-state index is 11.4. The van der Waals surface area contributed by atoms with Crippen LogP contribution in [0.4, 0.5) is 5.82 Å². The van der Waals surface area contributed by atoms with E-state index in [-0.39, 0.29) is 30.9 Å². The van der Waals surface area contributed by atoms with Crippen LogP contribution in [0.5, 0.6) is 0 Å². The van der Waals surface area contributed by atoms with Gasteiger partial charge in [-0.05, 0) is 20.0 Å². The third-order valence-electron chi connectivity index (χ3n) is 2.96. The Hall–Kier alpha value is -1.95. The molecule has 0 aliphatic carbocycles. The summed E-state index contributed by atoms with van der Waals surface area (Å²) in [5.41, 5.74) is 0.975. The molecule has 0 aromatic carbocycles. The number of hydrogen-bond donors (Lipinski definition) is 2. The van der Waals surface area contributed by atoms with Crippen LogP contribution >= 0.6 is 0 Å². The van der Waals surface area contributed by atoms with Gasteiger partial charge in [0, 0.05) is 17.8 Å². The van der Waals surface area contributed by atoms with Crippen molar-refractivity contribution < 1.29 is 9.59 Å². The molecule has 0 saturated carbocycles. The van der Waals surface area contributed by atoms with Gasteiger partial charge < -0.3 is 10.2 Å². The summed E-state index contributed by atoms with van der Waals surface area (Å²) >= 11 is 0. The molecule has 18 heavy (non-hydrogen) atoms. The fourth-order valence-corrected chi connectivity index (χ4v) is 1.95. The van der Waals surface area contributed by atoms with Gasteiger partial charge >= 0.3 is 0 Å². The van der Waals surface area contributed by atoms with Crippen LogP contribution in [0.1, 0.15) is 18.5 Å². The van der Waals surface area contributed by atoms with Crippen LogP contribution < -0.4 is 15.5 Å². The number of hydrogen-bond acceptors (Lipinski definition) is 5. The average molecular weight is 248 g/mol. The molecule has 0 bridgehead atoms. The zero-order chi connectivity index (χ0) is 13.1. The Morgan fingerprint density at radius 2 is 2.06 bits per heavy atom. The lowest BCUT2D eigenvalue weighted by Gasteiger charge is -2.29. The Morgan fingerprint density at radius 1 is 1.39 bits per heavy atom. The van der Waals surface area contributed by atoms with Crippen molar-refractivity contribution in [3.63, 3.8) is 0 Å². The predicted molar refractivity (Wildman–Crippen MR) is 67.1 cm³/mol. The van der Waals surface area contributed by atoms with Crippen LogP contribution in [0.2, 0.25) is 0 Å². The van der Waals surface area contributed by atoms with Gasteiger partial charge in [-0.1, -0.05) is 6.07 Å². The molecule has 6 nitrogen and oxygen atoms in total. The highest BCUT2D eigenvalue weighted by molar-refractivity contribution is 6.02. The second-order valence-electron chi connectivity index (χ2n) is 4.25. The molecule has 2 rings (SSSR count). The first-order valence-corrected chi connectivity index (χ1v) is 5.81. The standard InChI is InChI=1S/C12H16N4O2/c1-8(13-2)9-4-3-5-14-12(9)16-6-10(17)15-11(18)7-16/h3-5,8,13H,6-7H2,1-2H3,(H,15,17,18). The van der Waals surface area contributed by atoms with Gasteiger partial charge in [0.25, 0.3) is 0 Å². The fraction of sp³-hybridized carbons (Fsp3) is 0.417. The van der Waals surface area contributed by atoms with Crippen LogP contribution in [0, 0.1) is 0 Å². The molecule has 1 aliphatic rings. The first-order valence-electron chi connectivity index (χ1n) is 5.81. The zero-order valence-corrected chi connectivity index (χ0v) is 10.4. The number of carbonyl (C=O) groups excluding carboxylic acids is 2. The number of pyridine rings is 1. The SMILES string of the molecule is CNC(C)c1cccnc1N1CC(=O)NC(=O)C1. The summed E-state index contributed by atoms with van der Waals surface area (Å²) in [6.07, 6.45) is 1.66. The minimum Gasteiger partial charge on any atom is -0.338 e. The molecule has 2 amide bonds. The quantitative estimate of drug-likeness (QED) is 0.726. The highest BCUT2D eigenvalue weighted by Gasteiger charge is 2.25. The van der Waals surface area contributed by atoms with Crippen molar-refractivity contribution in [3.05, 3.63) is 23.9 Å². The molecule has 96 valence electrons. The molecule has 1 fully saturated rings. The van der Waals surface area contributed by atoms with Crippen LogP contribution in [-0.2, 0) is 9.59 Å². The molecule has 1 atom stereocenters. The third-order valence-corrected chi connectivity index (χ3v) is 2.96. The summed E-state index contributed by atoms with van der Waals surface area (Å²) in [6.45, 7) is 2.32. The van der Waals surface area contributed by atoms with Gasteiger partial charge in [0.1, 0.15) is 5.82 Å². The van der Waals surface area contributed by atoms with Crippen molar-refractivity contribution in [1.29, 1.82) is 0 Å².